The number of pyridine rings is 1. The lowest BCUT2D eigenvalue weighted by Gasteiger charge is -2.37. The lowest BCUT2D eigenvalue weighted by atomic mass is 9.90. The van der Waals surface area contributed by atoms with E-state index in [0.717, 1.165) is 22.3 Å². The number of hydrogen-bond donors (Lipinski definition) is 1. The van der Waals surface area contributed by atoms with Crippen LogP contribution in [0.4, 0.5) is 0 Å². The fraction of sp³-hybridized carbons (Fsp3) is 0.194. The first kappa shape index (κ1) is 25.0. The van der Waals surface area contributed by atoms with Crippen LogP contribution in [-0.4, -0.2) is 32.9 Å². The van der Waals surface area contributed by atoms with Crippen molar-refractivity contribution in [3.05, 3.63) is 125 Å². The van der Waals surface area contributed by atoms with Crippen LogP contribution in [0.15, 0.2) is 97.2 Å². The minimum atomic E-state index is -1.08. The van der Waals surface area contributed by atoms with Gasteiger partial charge in [-0.15, -0.1) is 0 Å². The van der Waals surface area contributed by atoms with Crippen LogP contribution in [-0.2, 0) is 29.2 Å². The van der Waals surface area contributed by atoms with Crippen molar-refractivity contribution in [1.29, 1.82) is 0 Å². The molecule has 0 saturated heterocycles. The number of aromatic nitrogens is 1. The van der Waals surface area contributed by atoms with Gasteiger partial charge in [-0.2, -0.15) is 0 Å². The molecule has 0 aliphatic carbocycles. The SMILES string of the molecule is Cc1ccc2c(c1OCc1ccccc1)C[C@H](C(=O)O)N(C(=O)[C@@H](Oc1ccccn1)c1ccccc1)C2. The van der Waals surface area contributed by atoms with Crippen molar-refractivity contribution in [1.82, 2.24) is 9.88 Å². The molecule has 38 heavy (non-hydrogen) atoms. The first-order chi connectivity index (χ1) is 18.5. The van der Waals surface area contributed by atoms with Gasteiger partial charge in [0.1, 0.15) is 18.4 Å². The molecular formula is C31H28N2O5. The molecule has 1 aliphatic heterocycles. The number of amides is 1. The molecule has 0 bridgehead atoms. The highest BCUT2D eigenvalue weighted by Crippen LogP contribution is 2.36. The summed E-state index contributed by atoms with van der Waals surface area (Å²) < 4.78 is 12.3. The minimum Gasteiger partial charge on any atom is -0.488 e. The third kappa shape index (κ3) is 5.37. The van der Waals surface area contributed by atoms with Gasteiger partial charge in [0.05, 0.1) is 0 Å². The van der Waals surface area contributed by atoms with E-state index in [4.69, 9.17) is 9.47 Å². The predicted octanol–water partition coefficient (Wildman–Crippen LogP) is 5.13. The van der Waals surface area contributed by atoms with E-state index in [-0.39, 0.29) is 18.8 Å². The van der Waals surface area contributed by atoms with Crippen molar-refractivity contribution >= 4 is 11.9 Å². The molecule has 1 amide bonds. The maximum Gasteiger partial charge on any atom is 0.326 e. The Hall–Kier alpha value is -4.65. The first-order valence-corrected chi connectivity index (χ1v) is 12.4. The quantitative estimate of drug-likeness (QED) is 0.355. The van der Waals surface area contributed by atoms with Gasteiger partial charge in [0.15, 0.2) is 0 Å². The monoisotopic (exact) mass is 508 g/mol. The maximum absolute atomic E-state index is 14.0. The summed E-state index contributed by atoms with van der Waals surface area (Å²) in [6, 6.07) is 26.9. The molecule has 0 spiro atoms. The molecule has 0 fully saturated rings. The summed E-state index contributed by atoms with van der Waals surface area (Å²) in [6.07, 6.45) is 0.667. The molecule has 7 nitrogen and oxygen atoms in total. The predicted molar refractivity (Wildman–Crippen MR) is 142 cm³/mol. The Kier molecular flexibility index (Phi) is 7.35. The second-order valence-corrected chi connectivity index (χ2v) is 9.22. The van der Waals surface area contributed by atoms with Crippen molar-refractivity contribution in [2.45, 2.75) is 38.6 Å². The van der Waals surface area contributed by atoms with Gasteiger partial charge in [-0.3, -0.25) is 4.79 Å². The lowest BCUT2D eigenvalue weighted by molar-refractivity contribution is -0.155. The topological polar surface area (TPSA) is 89.0 Å². The van der Waals surface area contributed by atoms with Crippen LogP contribution in [0.5, 0.6) is 11.6 Å². The van der Waals surface area contributed by atoms with Crippen LogP contribution in [0.2, 0.25) is 0 Å². The van der Waals surface area contributed by atoms with E-state index < -0.39 is 24.0 Å². The number of aliphatic carboxylic acids is 1. The van der Waals surface area contributed by atoms with Crippen molar-refractivity contribution in [2.75, 3.05) is 0 Å². The summed E-state index contributed by atoms with van der Waals surface area (Å²) in [5.74, 6) is -0.559. The lowest BCUT2D eigenvalue weighted by Crippen LogP contribution is -2.51. The highest BCUT2D eigenvalue weighted by Gasteiger charge is 2.40. The van der Waals surface area contributed by atoms with E-state index in [1.165, 1.54) is 4.90 Å². The van der Waals surface area contributed by atoms with Crippen LogP contribution < -0.4 is 9.47 Å². The molecule has 192 valence electrons. The van der Waals surface area contributed by atoms with Crippen LogP contribution in [0, 0.1) is 6.92 Å². The second kappa shape index (κ2) is 11.2. The van der Waals surface area contributed by atoms with Gasteiger partial charge in [0.25, 0.3) is 5.91 Å². The molecule has 1 aliphatic rings. The number of aryl methyl sites for hydroxylation is 1. The number of rotatable bonds is 8. The Morgan fingerprint density at radius 1 is 0.974 bits per heavy atom. The third-order valence-electron chi connectivity index (χ3n) is 6.67. The molecule has 0 unspecified atom stereocenters. The van der Waals surface area contributed by atoms with Gasteiger partial charge in [-0.25, -0.2) is 9.78 Å². The Morgan fingerprint density at radius 2 is 1.68 bits per heavy atom. The summed E-state index contributed by atoms with van der Waals surface area (Å²) >= 11 is 0. The largest absolute Gasteiger partial charge is 0.488 e. The van der Waals surface area contributed by atoms with Gasteiger partial charge in [-0.05, 0) is 29.7 Å². The maximum atomic E-state index is 14.0. The Bertz CT molecular complexity index is 1410. The molecule has 0 saturated carbocycles. The normalized spacial score (nSPS) is 15.3. The number of carbonyl (C=O) groups is 2. The Labute approximate surface area is 221 Å². The van der Waals surface area contributed by atoms with Crippen molar-refractivity contribution in [2.24, 2.45) is 0 Å². The average molecular weight is 509 g/mol. The van der Waals surface area contributed by atoms with E-state index >= 15 is 0 Å². The average Bonchev–Trinajstić information content (AvgIpc) is 2.96. The number of hydrogen-bond acceptors (Lipinski definition) is 5. The zero-order valence-electron chi connectivity index (χ0n) is 21.0. The van der Waals surface area contributed by atoms with Gasteiger partial charge in [0.2, 0.25) is 12.0 Å². The molecule has 7 heteroatoms. The summed E-state index contributed by atoms with van der Waals surface area (Å²) in [4.78, 5) is 32.0. The van der Waals surface area contributed by atoms with Crippen LogP contribution in [0.25, 0.3) is 0 Å². The fourth-order valence-corrected chi connectivity index (χ4v) is 4.71. The van der Waals surface area contributed by atoms with Crippen molar-refractivity contribution in [3.8, 4) is 11.6 Å². The van der Waals surface area contributed by atoms with Gasteiger partial charge >= 0.3 is 5.97 Å². The number of benzene rings is 3. The molecule has 0 radical (unpaired) electrons. The smallest absolute Gasteiger partial charge is 0.326 e. The van der Waals surface area contributed by atoms with Crippen LogP contribution in [0.1, 0.15) is 33.9 Å². The summed E-state index contributed by atoms with van der Waals surface area (Å²) in [6.45, 7) is 2.44. The molecule has 1 aromatic heterocycles. The van der Waals surface area contributed by atoms with Crippen LogP contribution in [0.3, 0.4) is 0 Å². The number of ether oxygens (including phenoxy) is 2. The zero-order chi connectivity index (χ0) is 26.5. The highest BCUT2D eigenvalue weighted by molar-refractivity contribution is 5.88. The summed E-state index contributed by atoms with van der Waals surface area (Å²) in [5.41, 5.74) is 4.23. The van der Waals surface area contributed by atoms with Crippen molar-refractivity contribution < 1.29 is 24.2 Å². The number of fused-ring (bicyclic) bond motifs is 1. The van der Waals surface area contributed by atoms with Crippen molar-refractivity contribution in [3.63, 3.8) is 0 Å². The molecule has 1 N–H and O–H groups in total. The van der Waals surface area contributed by atoms with Gasteiger partial charge in [0, 0.05) is 36.4 Å². The zero-order valence-corrected chi connectivity index (χ0v) is 21.0. The van der Waals surface area contributed by atoms with E-state index in [1.807, 2.05) is 67.6 Å². The van der Waals surface area contributed by atoms with E-state index in [2.05, 4.69) is 4.98 Å². The molecule has 2 heterocycles. The highest BCUT2D eigenvalue weighted by atomic mass is 16.5. The molecular weight excluding hydrogens is 480 g/mol. The van der Waals surface area contributed by atoms with Gasteiger partial charge in [-0.1, -0.05) is 78.9 Å². The minimum absolute atomic E-state index is 0.127. The Balaban J connectivity index is 1.47. The standard InChI is InChI=1S/C31H28N2O5/c1-21-15-16-24-19-33(26(31(35)36)18-25(24)28(21)37-20-22-10-4-2-5-11-22)30(34)29(23-12-6-3-7-13-23)38-27-14-8-9-17-32-27/h2-17,26,29H,18-20H2,1H3,(H,35,36)/t26-,29+/m1/s1. The number of carboxylic acid groups (broad SMARTS) is 1. The molecule has 4 aromatic rings. The molecule has 5 rings (SSSR count). The Morgan fingerprint density at radius 3 is 2.37 bits per heavy atom. The number of carboxylic acids is 1. The summed E-state index contributed by atoms with van der Waals surface area (Å²) in [7, 11) is 0. The molecule has 2 atom stereocenters. The van der Waals surface area contributed by atoms with E-state index in [1.54, 1.807) is 36.5 Å². The number of carbonyl (C=O) groups excluding carboxylic acids is 1. The fourth-order valence-electron chi connectivity index (χ4n) is 4.71. The van der Waals surface area contributed by atoms with E-state index in [9.17, 15) is 14.7 Å². The third-order valence-corrected chi connectivity index (χ3v) is 6.67. The second-order valence-electron chi connectivity index (χ2n) is 9.22. The van der Waals surface area contributed by atoms with Crippen LogP contribution >= 0.6 is 0 Å². The molecule has 3 aromatic carbocycles. The summed E-state index contributed by atoms with van der Waals surface area (Å²) in [5, 5.41) is 10.2. The first-order valence-electron chi connectivity index (χ1n) is 12.4. The number of nitrogens with zero attached hydrogens (tertiary/aromatic N) is 2. The van der Waals surface area contributed by atoms with Gasteiger partial charge < -0.3 is 19.5 Å². The van der Waals surface area contributed by atoms with E-state index in [0.29, 0.717) is 17.9 Å².